The lowest BCUT2D eigenvalue weighted by Gasteiger charge is -2.26. The zero-order chi connectivity index (χ0) is 19.8. The number of alkyl halides is 1. The molecule has 2 aliphatic rings. The first-order chi connectivity index (χ1) is 12.6. The standard InChI is InChI=1S/C16H18FN3O6S/c17-16(15(23)24)5-7-19(10-16)14(22)11-1-3-12(4-2-11)27(25,26)20-8-6-18-13(21)9-20/h1-4H,5-10H2,(H,18,21)(H,23,24). The lowest BCUT2D eigenvalue weighted by Crippen LogP contribution is -2.49. The average Bonchev–Trinajstić information content (AvgIpc) is 3.05. The number of benzene rings is 1. The van der Waals surface area contributed by atoms with Crippen molar-refractivity contribution in [3.05, 3.63) is 29.8 Å². The van der Waals surface area contributed by atoms with Crippen molar-refractivity contribution in [1.82, 2.24) is 14.5 Å². The molecule has 0 spiro atoms. The van der Waals surface area contributed by atoms with Gasteiger partial charge in [0, 0.05) is 31.6 Å². The van der Waals surface area contributed by atoms with E-state index in [1.807, 2.05) is 0 Å². The number of nitrogens with zero attached hydrogens (tertiary/aromatic N) is 2. The van der Waals surface area contributed by atoms with E-state index in [1.165, 1.54) is 24.3 Å². The summed E-state index contributed by atoms with van der Waals surface area (Å²) in [5.74, 6) is -2.57. The van der Waals surface area contributed by atoms with E-state index in [1.54, 1.807) is 0 Å². The molecule has 3 rings (SSSR count). The Balaban J connectivity index is 1.74. The van der Waals surface area contributed by atoms with Gasteiger partial charge in [-0.15, -0.1) is 0 Å². The predicted octanol–water partition coefficient (Wildman–Crippen LogP) is -0.554. The van der Waals surface area contributed by atoms with Crippen LogP contribution in [0.15, 0.2) is 29.2 Å². The molecule has 1 unspecified atom stereocenters. The van der Waals surface area contributed by atoms with Gasteiger partial charge in [0.05, 0.1) is 18.0 Å². The Morgan fingerprint density at radius 1 is 1.19 bits per heavy atom. The molecule has 0 radical (unpaired) electrons. The van der Waals surface area contributed by atoms with E-state index >= 15 is 0 Å². The molecule has 1 aromatic carbocycles. The van der Waals surface area contributed by atoms with Crippen LogP contribution in [0.25, 0.3) is 0 Å². The zero-order valence-electron chi connectivity index (χ0n) is 14.2. The van der Waals surface area contributed by atoms with Crippen LogP contribution < -0.4 is 5.32 Å². The van der Waals surface area contributed by atoms with Gasteiger partial charge in [0.15, 0.2) is 0 Å². The van der Waals surface area contributed by atoms with Crippen LogP contribution in [0.4, 0.5) is 4.39 Å². The van der Waals surface area contributed by atoms with Crippen molar-refractivity contribution in [1.29, 1.82) is 0 Å². The Morgan fingerprint density at radius 3 is 2.41 bits per heavy atom. The molecular weight excluding hydrogens is 381 g/mol. The van der Waals surface area contributed by atoms with Gasteiger partial charge in [0.25, 0.3) is 5.91 Å². The average molecular weight is 399 g/mol. The number of rotatable bonds is 4. The van der Waals surface area contributed by atoms with E-state index in [9.17, 15) is 27.2 Å². The molecule has 1 aromatic rings. The second-order valence-corrected chi connectivity index (χ2v) is 8.40. The number of likely N-dealkylation sites (tertiary alicyclic amines) is 1. The molecule has 0 aromatic heterocycles. The highest BCUT2D eigenvalue weighted by molar-refractivity contribution is 7.89. The molecule has 9 nitrogen and oxygen atoms in total. The van der Waals surface area contributed by atoms with Crippen molar-refractivity contribution in [2.24, 2.45) is 0 Å². The van der Waals surface area contributed by atoms with Crippen molar-refractivity contribution in [3.8, 4) is 0 Å². The van der Waals surface area contributed by atoms with Gasteiger partial charge >= 0.3 is 5.97 Å². The van der Waals surface area contributed by atoms with Crippen molar-refractivity contribution in [3.63, 3.8) is 0 Å². The van der Waals surface area contributed by atoms with Crippen molar-refractivity contribution < 1.29 is 32.3 Å². The summed E-state index contributed by atoms with van der Waals surface area (Å²) in [6, 6.07) is 5.06. The molecule has 2 saturated heterocycles. The molecule has 146 valence electrons. The van der Waals surface area contributed by atoms with Crippen LogP contribution in [0.2, 0.25) is 0 Å². The lowest BCUT2D eigenvalue weighted by atomic mass is 10.1. The van der Waals surface area contributed by atoms with Crippen LogP contribution in [-0.4, -0.2) is 78.9 Å². The van der Waals surface area contributed by atoms with Crippen LogP contribution in [0.3, 0.4) is 0 Å². The monoisotopic (exact) mass is 399 g/mol. The van der Waals surface area contributed by atoms with Crippen LogP contribution in [-0.2, 0) is 19.6 Å². The van der Waals surface area contributed by atoms with Gasteiger partial charge in [-0.05, 0) is 24.3 Å². The molecule has 2 aliphatic heterocycles. The summed E-state index contributed by atoms with van der Waals surface area (Å²) in [5, 5.41) is 11.4. The fourth-order valence-electron chi connectivity index (χ4n) is 3.04. The van der Waals surface area contributed by atoms with E-state index in [4.69, 9.17) is 5.11 Å². The smallest absolute Gasteiger partial charge is 0.343 e. The van der Waals surface area contributed by atoms with Gasteiger partial charge in [-0.2, -0.15) is 4.31 Å². The van der Waals surface area contributed by atoms with E-state index in [2.05, 4.69) is 5.32 Å². The van der Waals surface area contributed by atoms with Gasteiger partial charge in [-0.1, -0.05) is 0 Å². The van der Waals surface area contributed by atoms with Gasteiger partial charge in [-0.3, -0.25) is 9.59 Å². The molecule has 0 saturated carbocycles. The van der Waals surface area contributed by atoms with Crippen molar-refractivity contribution in [2.75, 3.05) is 32.7 Å². The van der Waals surface area contributed by atoms with E-state index in [0.717, 1.165) is 9.21 Å². The van der Waals surface area contributed by atoms with Crippen LogP contribution in [0.1, 0.15) is 16.8 Å². The summed E-state index contributed by atoms with van der Waals surface area (Å²) in [5.41, 5.74) is -2.34. The molecule has 2 N–H and O–H groups in total. The first-order valence-corrected chi connectivity index (χ1v) is 9.66. The Kier molecular flexibility index (Phi) is 4.91. The summed E-state index contributed by atoms with van der Waals surface area (Å²) >= 11 is 0. The van der Waals surface area contributed by atoms with Crippen LogP contribution in [0.5, 0.6) is 0 Å². The normalized spacial score (nSPS) is 23.9. The number of nitrogens with one attached hydrogen (secondary N) is 1. The van der Waals surface area contributed by atoms with Gasteiger partial charge in [0.1, 0.15) is 0 Å². The summed E-state index contributed by atoms with van der Waals surface area (Å²) in [7, 11) is -3.88. The maximum absolute atomic E-state index is 14.1. The molecule has 11 heteroatoms. The third kappa shape index (κ3) is 3.65. The molecule has 2 amide bonds. The van der Waals surface area contributed by atoms with Crippen molar-refractivity contribution >= 4 is 27.8 Å². The number of sulfonamides is 1. The SMILES string of the molecule is O=C1CN(S(=O)(=O)c2ccc(C(=O)N3CCC(F)(C(=O)O)C3)cc2)CCN1. The number of halogens is 1. The number of piperazine rings is 1. The number of aliphatic carboxylic acids is 1. The summed E-state index contributed by atoms with van der Waals surface area (Å²) < 4.78 is 40.3. The lowest BCUT2D eigenvalue weighted by molar-refractivity contribution is -0.149. The summed E-state index contributed by atoms with van der Waals surface area (Å²) in [4.78, 5) is 35.8. The number of carbonyl (C=O) groups is 3. The Labute approximate surface area is 154 Å². The molecule has 0 bridgehead atoms. The maximum Gasteiger partial charge on any atom is 0.343 e. The molecular formula is C16H18FN3O6S. The summed E-state index contributed by atoms with van der Waals surface area (Å²) in [6.45, 7) is -0.492. The Bertz CT molecular complexity index is 888. The Hall–Kier alpha value is -2.53. The van der Waals surface area contributed by atoms with E-state index in [-0.39, 0.29) is 43.1 Å². The second kappa shape index (κ2) is 6.89. The minimum Gasteiger partial charge on any atom is -0.479 e. The van der Waals surface area contributed by atoms with E-state index < -0.39 is 40.0 Å². The van der Waals surface area contributed by atoms with Crippen molar-refractivity contribution in [2.45, 2.75) is 17.0 Å². The molecule has 1 atom stereocenters. The first-order valence-electron chi connectivity index (χ1n) is 8.22. The molecule has 0 aliphatic carbocycles. The number of hydrogen-bond donors (Lipinski definition) is 2. The fraction of sp³-hybridized carbons (Fsp3) is 0.438. The quantitative estimate of drug-likeness (QED) is 0.700. The zero-order valence-corrected chi connectivity index (χ0v) is 15.0. The van der Waals surface area contributed by atoms with E-state index in [0.29, 0.717) is 0 Å². The maximum atomic E-state index is 14.1. The fourth-order valence-corrected chi connectivity index (χ4v) is 4.44. The highest BCUT2D eigenvalue weighted by Crippen LogP contribution is 2.27. The minimum absolute atomic E-state index is 0.0371. The van der Waals surface area contributed by atoms with Gasteiger partial charge < -0.3 is 15.3 Å². The highest BCUT2D eigenvalue weighted by atomic mass is 32.2. The largest absolute Gasteiger partial charge is 0.479 e. The Morgan fingerprint density at radius 2 is 1.85 bits per heavy atom. The molecule has 27 heavy (non-hydrogen) atoms. The minimum atomic E-state index is -3.88. The highest BCUT2D eigenvalue weighted by Gasteiger charge is 2.47. The number of carbonyl (C=O) groups excluding carboxylic acids is 2. The summed E-state index contributed by atoms with van der Waals surface area (Å²) in [6.07, 6.45) is -0.294. The topological polar surface area (TPSA) is 124 Å². The number of hydrogen-bond acceptors (Lipinski definition) is 5. The number of carboxylic acids is 1. The number of amides is 2. The second-order valence-electron chi connectivity index (χ2n) is 6.46. The van der Waals surface area contributed by atoms with Crippen LogP contribution in [0, 0.1) is 0 Å². The molecule has 2 fully saturated rings. The third-order valence-corrected chi connectivity index (χ3v) is 6.49. The van der Waals surface area contributed by atoms with Gasteiger partial charge in [0.2, 0.25) is 21.6 Å². The molecule has 2 heterocycles. The predicted molar refractivity (Wildman–Crippen MR) is 90.2 cm³/mol. The van der Waals surface area contributed by atoms with Gasteiger partial charge in [-0.25, -0.2) is 17.6 Å². The first kappa shape index (κ1) is 19.2. The number of carboxylic acid groups (broad SMARTS) is 1. The van der Waals surface area contributed by atoms with Crippen LogP contribution >= 0.6 is 0 Å². The third-order valence-electron chi connectivity index (χ3n) is 4.63.